The van der Waals surface area contributed by atoms with E-state index < -0.39 is 0 Å². The highest BCUT2D eigenvalue weighted by Crippen LogP contribution is 2.25. The second-order valence-corrected chi connectivity index (χ2v) is 4.43. The van der Waals surface area contributed by atoms with Crippen LogP contribution in [0, 0.1) is 0 Å². The molecule has 0 unspecified atom stereocenters. The molecule has 1 saturated heterocycles. The molecule has 0 saturated carbocycles. The Bertz CT molecular complexity index is 336. The Morgan fingerprint density at radius 3 is 2.69 bits per heavy atom. The van der Waals surface area contributed by atoms with Crippen LogP contribution in [0.5, 0.6) is 0 Å². The highest BCUT2D eigenvalue weighted by molar-refractivity contribution is 5.40. The monoisotopic (exact) mass is 220 g/mol. The third-order valence-electron chi connectivity index (χ3n) is 3.28. The van der Waals surface area contributed by atoms with E-state index in [1.54, 1.807) is 0 Å². The van der Waals surface area contributed by atoms with Crippen molar-refractivity contribution < 1.29 is 4.74 Å². The Balaban J connectivity index is 2.08. The Hall–Kier alpha value is -1.06. The van der Waals surface area contributed by atoms with Crippen molar-refractivity contribution in [1.29, 1.82) is 0 Å². The summed E-state index contributed by atoms with van der Waals surface area (Å²) in [4.78, 5) is 2.45. The van der Waals surface area contributed by atoms with E-state index in [-0.39, 0.29) is 6.10 Å². The molecular weight excluding hydrogens is 200 g/mol. The van der Waals surface area contributed by atoms with Crippen LogP contribution in [0.3, 0.4) is 0 Å². The average Bonchev–Trinajstić information content (AvgIpc) is 2.31. The molecule has 0 amide bonds. The summed E-state index contributed by atoms with van der Waals surface area (Å²) in [5.74, 6) is 0. The van der Waals surface area contributed by atoms with Crippen molar-refractivity contribution >= 4 is 5.69 Å². The van der Waals surface area contributed by atoms with Gasteiger partial charge in [-0.3, -0.25) is 4.90 Å². The molecule has 2 N–H and O–H groups in total. The first kappa shape index (κ1) is 11.4. The van der Waals surface area contributed by atoms with Gasteiger partial charge < -0.3 is 10.5 Å². The SMILES string of the molecule is CCN1C[C@H](c2ccc(N)cc2)OC[C@@H]1C. The number of nitrogen functional groups attached to an aromatic ring is 1. The van der Waals surface area contributed by atoms with Gasteiger partial charge in [0.15, 0.2) is 0 Å². The molecule has 3 nitrogen and oxygen atoms in total. The maximum atomic E-state index is 5.87. The fourth-order valence-electron chi connectivity index (χ4n) is 2.16. The van der Waals surface area contributed by atoms with Gasteiger partial charge in [0.05, 0.1) is 12.7 Å². The van der Waals surface area contributed by atoms with Gasteiger partial charge in [-0.25, -0.2) is 0 Å². The van der Waals surface area contributed by atoms with Gasteiger partial charge in [0.1, 0.15) is 0 Å². The minimum absolute atomic E-state index is 0.191. The minimum atomic E-state index is 0.191. The van der Waals surface area contributed by atoms with Crippen LogP contribution in [0.15, 0.2) is 24.3 Å². The standard InChI is InChI=1S/C13H20N2O/c1-3-15-8-13(16-9-10(15)2)11-4-6-12(14)7-5-11/h4-7,10,13H,3,8-9,14H2,1-2H3/t10-,13+/m0/s1. The summed E-state index contributed by atoms with van der Waals surface area (Å²) in [5, 5.41) is 0. The van der Waals surface area contributed by atoms with Crippen LogP contribution in [0.1, 0.15) is 25.5 Å². The smallest absolute Gasteiger partial charge is 0.0952 e. The molecule has 1 fully saturated rings. The lowest BCUT2D eigenvalue weighted by molar-refractivity contribution is -0.0580. The predicted octanol–water partition coefficient (Wildman–Crippen LogP) is 2.05. The summed E-state index contributed by atoms with van der Waals surface area (Å²) in [6, 6.07) is 8.52. The number of hydrogen-bond acceptors (Lipinski definition) is 3. The first-order valence-corrected chi connectivity index (χ1v) is 5.91. The quantitative estimate of drug-likeness (QED) is 0.775. The van der Waals surface area contributed by atoms with E-state index in [4.69, 9.17) is 10.5 Å². The van der Waals surface area contributed by atoms with Crippen LogP contribution >= 0.6 is 0 Å². The van der Waals surface area contributed by atoms with Gasteiger partial charge in [0.25, 0.3) is 0 Å². The zero-order valence-corrected chi connectivity index (χ0v) is 10.0. The van der Waals surface area contributed by atoms with E-state index in [0.29, 0.717) is 6.04 Å². The van der Waals surface area contributed by atoms with E-state index in [1.807, 2.05) is 12.1 Å². The number of likely N-dealkylation sites (N-methyl/N-ethyl adjacent to an activating group) is 1. The number of nitrogens with two attached hydrogens (primary N) is 1. The summed E-state index contributed by atoms with van der Waals surface area (Å²) in [6.45, 7) is 7.27. The van der Waals surface area contributed by atoms with Gasteiger partial charge in [0.2, 0.25) is 0 Å². The fraction of sp³-hybridized carbons (Fsp3) is 0.538. The zero-order chi connectivity index (χ0) is 11.5. The third-order valence-corrected chi connectivity index (χ3v) is 3.28. The average molecular weight is 220 g/mol. The highest BCUT2D eigenvalue weighted by Gasteiger charge is 2.25. The number of rotatable bonds is 2. The topological polar surface area (TPSA) is 38.5 Å². The van der Waals surface area contributed by atoms with Crippen LogP contribution in [-0.2, 0) is 4.74 Å². The maximum absolute atomic E-state index is 5.87. The van der Waals surface area contributed by atoms with Crippen LogP contribution in [-0.4, -0.2) is 30.6 Å². The highest BCUT2D eigenvalue weighted by atomic mass is 16.5. The summed E-state index contributed by atoms with van der Waals surface area (Å²) >= 11 is 0. The van der Waals surface area contributed by atoms with E-state index in [9.17, 15) is 0 Å². The van der Waals surface area contributed by atoms with E-state index >= 15 is 0 Å². The molecule has 1 aromatic rings. The van der Waals surface area contributed by atoms with Crippen LogP contribution < -0.4 is 5.73 Å². The molecule has 1 aliphatic heterocycles. The summed E-state index contributed by atoms with van der Waals surface area (Å²) in [5.41, 5.74) is 7.71. The van der Waals surface area contributed by atoms with Gasteiger partial charge in [-0.2, -0.15) is 0 Å². The van der Waals surface area contributed by atoms with Crippen molar-refractivity contribution in [3.05, 3.63) is 29.8 Å². The fourth-order valence-corrected chi connectivity index (χ4v) is 2.16. The first-order chi connectivity index (χ1) is 7.70. The molecule has 0 spiro atoms. The largest absolute Gasteiger partial charge is 0.399 e. The lowest BCUT2D eigenvalue weighted by atomic mass is 10.1. The third kappa shape index (κ3) is 2.36. The molecule has 1 heterocycles. The molecule has 3 heteroatoms. The Morgan fingerprint density at radius 2 is 2.06 bits per heavy atom. The van der Waals surface area contributed by atoms with E-state index in [0.717, 1.165) is 25.4 Å². The number of nitrogens with zero attached hydrogens (tertiary/aromatic N) is 1. The number of hydrogen-bond donors (Lipinski definition) is 1. The molecule has 2 rings (SSSR count). The first-order valence-electron chi connectivity index (χ1n) is 5.91. The number of morpholine rings is 1. The molecule has 1 aliphatic rings. The normalized spacial score (nSPS) is 26.9. The van der Waals surface area contributed by atoms with Crippen molar-refractivity contribution in [1.82, 2.24) is 4.90 Å². The zero-order valence-electron chi connectivity index (χ0n) is 10.0. The van der Waals surface area contributed by atoms with Crippen molar-refractivity contribution in [3.63, 3.8) is 0 Å². The molecule has 1 aromatic carbocycles. The molecular formula is C13H20N2O. The van der Waals surface area contributed by atoms with Crippen molar-refractivity contribution in [2.24, 2.45) is 0 Å². The van der Waals surface area contributed by atoms with Crippen molar-refractivity contribution in [2.75, 3.05) is 25.4 Å². The lowest BCUT2D eigenvalue weighted by Gasteiger charge is -2.37. The van der Waals surface area contributed by atoms with Gasteiger partial charge in [-0.05, 0) is 31.2 Å². The Morgan fingerprint density at radius 1 is 1.38 bits per heavy atom. The number of ether oxygens (including phenoxy) is 1. The van der Waals surface area contributed by atoms with Crippen LogP contribution in [0.25, 0.3) is 0 Å². The molecule has 16 heavy (non-hydrogen) atoms. The number of anilines is 1. The van der Waals surface area contributed by atoms with Gasteiger partial charge in [-0.1, -0.05) is 19.1 Å². The van der Waals surface area contributed by atoms with E-state index in [1.165, 1.54) is 5.56 Å². The van der Waals surface area contributed by atoms with Gasteiger partial charge >= 0.3 is 0 Å². The second-order valence-electron chi connectivity index (χ2n) is 4.43. The lowest BCUT2D eigenvalue weighted by Crippen LogP contribution is -2.44. The molecule has 0 bridgehead atoms. The minimum Gasteiger partial charge on any atom is -0.399 e. The van der Waals surface area contributed by atoms with Gasteiger partial charge in [-0.15, -0.1) is 0 Å². The van der Waals surface area contributed by atoms with Crippen LogP contribution in [0.2, 0.25) is 0 Å². The summed E-state index contributed by atoms with van der Waals surface area (Å²) in [6.07, 6.45) is 0.191. The molecule has 0 radical (unpaired) electrons. The molecule has 2 atom stereocenters. The second kappa shape index (κ2) is 4.85. The Labute approximate surface area is 97.2 Å². The van der Waals surface area contributed by atoms with Crippen LogP contribution in [0.4, 0.5) is 5.69 Å². The van der Waals surface area contributed by atoms with Crippen molar-refractivity contribution in [3.8, 4) is 0 Å². The predicted molar refractivity (Wildman–Crippen MR) is 66.3 cm³/mol. The molecule has 88 valence electrons. The van der Waals surface area contributed by atoms with Gasteiger partial charge in [0, 0.05) is 18.3 Å². The van der Waals surface area contributed by atoms with E-state index in [2.05, 4.69) is 30.9 Å². The summed E-state index contributed by atoms with van der Waals surface area (Å²) in [7, 11) is 0. The Kier molecular flexibility index (Phi) is 3.46. The molecule has 0 aromatic heterocycles. The summed E-state index contributed by atoms with van der Waals surface area (Å²) < 4.78 is 5.87. The molecule has 0 aliphatic carbocycles. The number of benzene rings is 1. The van der Waals surface area contributed by atoms with Crippen molar-refractivity contribution in [2.45, 2.75) is 26.0 Å². The maximum Gasteiger partial charge on any atom is 0.0952 e.